The molecule has 0 atom stereocenters. The highest BCUT2D eigenvalue weighted by molar-refractivity contribution is 9.10. The van der Waals surface area contributed by atoms with Crippen molar-refractivity contribution in [3.8, 4) is 0 Å². The van der Waals surface area contributed by atoms with Crippen LogP contribution in [0.3, 0.4) is 0 Å². The van der Waals surface area contributed by atoms with Gasteiger partial charge in [0.1, 0.15) is 5.82 Å². The molecule has 0 aliphatic carbocycles. The minimum atomic E-state index is -3.69. The second-order valence-electron chi connectivity index (χ2n) is 12.0. The standard InChI is InChI=1S/C20H23BrN2O4S.C16H15BrFNO3S/c21-16-13-18(23-7-11-27-12-8-23)15-20(14-16)28(24,25)19-3-1-17(2-4-19)22-5-9-26-10-6-22;17-12-9-14(19-5-7-22-8-6-19)11-16(10-12)23(20,21)15-3-1-13(18)2-4-15/h1-4,13-15H,5-12H2;1-4,9-11H,5-8H2. The molecular formula is C36H38Br2FN3O7S2. The van der Waals surface area contributed by atoms with Gasteiger partial charge in [0, 0.05) is 65.3 Å². The van der Waals surface area contributed by atoms with Gasteiger partial charge in [-0.2, -0.15) is 0 Å². The molecule has 0 N–H and O–H groups in total. The number of sulfone groups is 2. The van der Waals surface area contributed by atoms with Crippen molar-refractivity contribution < 1.29 is 35.4 Å². The van der Waals surface area contributed by atoms with Crippen LogP contribution in [0.25, 0.3) is 0 Å². The molecule has 15 heteroatoms. The zero-order valence-corrected chi connectivity index (χ0v) is 32.5. The molecule has 0 aromatic heterocycles. The summed E-state index contributed by atoms with van der Waals surface area (Å²) in [6, 6.07) is 22.4. The van der Waals surface area contributed by atoms with Crippen LogP contribution in [0.5, 0.6) is 0 Å². The predicted molar refractivity (Wildman–Crippen MR) is 201 cm³/mol. The molecule has 0 saturated carbocycles. The Hall–Kier alpha value is -3.05. The Morgan fingerprint density at radius 2 is 0.784 bits per heavy atom. The van der Waals surface area contributed by atoms with Crippen molar-refractivity contribution in [2.45, 2.75) is 19.6 Å². The molecule has 51 heavy (non-hydrogen) atoms. The van der Waals surface area contributed by atoms with E-state index in [2.05, 4.69) is 46.6 Å². The smallest absolute Gasteiger partial charge is 0.206 e. The highest BCUT2D eigenvalue weighted by Crippen LogP contribution is 2.32. The number of halogens is 3. The minimum absolute atomic E-state index is 0.0740. The van der Waals surface area contributed by atoms with Crippen molar-refractivity contribution in [1.82, 2.24) is 0 Å². The van der Waals surface area contributed by atoms with Crippen molar-refractivity contribution >= 4 is 68.6 Å². The van der Waals surface area contributed by atoms with Crippen molar-refractivity contribution in [3.63, 3.8) is 0 Å². The summed E-state index contributed by atoms with van der Waals surface area (Å²) in [6.45, 7) is 8.51. The minimum Gasteiger partial charge on any atom is -0.378 e. The van der Waals surface area contributed by atoms with Crippen LogP contribution in [0, 0.1) is 5.82 Å². The van der Waals surface area contributed by atoms with Gasteiger partial charge in [-0.05, 0) is 84.9 Å². The van der Waals surface area contributed by atoms with Gasteiger partial charge < -0.3 is 28.9 Å². The van der Waals surface area contributed by atoms with Gasteiger partial charge in [-0.1, -0.05) is 31.9 Å². The van der Waals surface area contributed by atoms with Gasteiger partial charge in [0.25, 0.3) is 0 Å². The maximum Gasteiger partial charge on any atom is 0.206 e. The number of ether oxygens (including phenoxy) is 3. The summed E-state index contributed by atoms with van der Waals surface area (Å²) in [5.41, 5.74) is 2.73. The van der Waals surface area contributed by atoms with Crippen LogP contribution in [-0.4, -0.2) is 95.7 Å². The van der Waals surface area contributed by atoms with Gasteiger partial charge in [0.15, 0.2) is 0 Å². The third kappa shape index (κ3) is 9.31. The summed E-state index contributed by atoms with van der Waals surface area (Å²) in [7, 11) is -7.30. The maximum atomic E-state index is 13.2. The lowest BCUT2D eigenvalue weighted by molar-refractivity contribution is 0.122. The Kier molecular flexibility index (Phi) is 12.4. The highest BCUT2D eigenvalue weighted by Gasteiger charge is 2.23. The van der Waals surface area contributed by atoms with Crippen LogP contribution in [0.2, 0.25) is 0 Å². The first-order valence-corrected chi connectivity index (χ1v) is 21.0. The summed E-state index contributed by atoms with van der Waals surface area (Å²) in [5.74, 6) is -0.466. The number of rotatable bonds is 7. The molecule has 0 unspecified atom stereocenters. The van der Waals surface area contributed by atoms with E-state index >= 15 is 0 Å². The van der Waals surface area contributed by atoms with Crippen LogP contribution < -0.4 is 14.7 Å². The third-order valence-corrected chi connectivity index (χ3v) is 13.1. The molecule has 3 aliphatic heterocycles. The van der Waals surface area contributed by atoms with E-state index in [0.29, 0.717) is 67.0 Å². The summed E-state index contributed by atoms with van der Waals surface area (Å²) in [5, 5.41) is 0. The van der Waals surface area contributed by atoms with E-state index in [1.807, 2.05) is 24.3 Å². The number of morpholine rings is 3. The first kappa shape index (κ1) is 37.7. The number of hydrogen-bond acceptors (Lipinski definition) is 10. The largest absolute Gasteiger partial charge is 0.378 e. The first-order chi connectivity index (χ1) is 24.5. The van der Waals surface area contributed by atoms with Crippen molar-refractivity contribution in [2.75, 3.05) is 93.6 Å². The molecular weight excluding hydrogens is 829 g/mol. The molecule has 0 bridgehead atoms. The Morgan fingerprint density at radius 3 is 1.16 bits per heavy atom. The average Bonchev–Trinajstić information content (AvgIpc) is 3.16. The molecule has 10 nitrogen and oxygen atoms in total. The zero-order valence-electron chi connectivity index (χ0n) is 27.7. The Morgan fingerprint density at radius 1 is 0.451 bits per heavy atom. The number of hydrogen-bond donors (Lipinski definition) is 0. The van der Waals surface area contributed by atoms with Crippen LogP contribution in [0.15, 0.2) is 113 Å². The van der Waals surface area contributed by atoms with E-state index in [4.69, 9.17) is 14.2 Å². The SMILES string of the molecule is O=S(=O)(c1ccc(F)cc1)c1cc(Br)cc(N2CCOCC2)c1.O=S(=O)(c1ccc(N2CCOCC2)cc1)c1cc(Br)cc(N2CCOCC2)c1. The third-order valence-electron chi connectivity index (χ3n) is 8.73. The number of benzene rings is 4. The van der Waals surface area contributed by atoms with Crippen molar-refractivity contribution in [2.24, 2.45) is 0 Å². The first-order valence-electron chi connectivity index (χ1n) is 16.5. The van der Waals surface area contributed by atoms with E-state index in [-0.39, 0.29) is 9.79 Å². The molecule has 4 aromatic carbocycles. The van der Waals surface area contributed by atoms with Crippen LogP contribution in [0.4, 0.5) is 21.5 Å². The van der Waals surface area contributed by atoms with E-state index in [9.17, 15) is 21.2 Å². The second kappa shape index (κ2) is 16.7. The maximum absolute atomic E-state index is 13.2. The Balaban J connectivity index is 0.000000179. The summed E-state index contributed by atoms with van der Waals surface area (Å²) >= 11 is 6.84. The molecule has 3 aliphatic rings. The molecule has 272 valence electrons. The molecule has 3 saturated heterocycles. The summed E-state index contributed by atoms with van der Waals surface area (Å²) in [6.07, 6.45) is 0. The molecule has 4 aromatic rings. The van der Waals surface area contributed by atoms with E-state index in [1.165, 1.54) is 12.1 Å². The molecule has 7 rings (SSSR count). The topological polar surface area (TPSA) is 106 Å². The second-order valence-corrected chi connectivity index (χ2v) is 17.8. The monoisotopic (exact) mass is 865 g/mol. The fourth-order valence-corrected chi connectivity index (χ4v) is 9.87. The van der Waals surface area contributed by atoms with Gasteiger partial charge in [-0.15, -0.1) is 0 Å². The fraction of sp³-hybridized carbons (Fsp3) is 0.333. The van der Waals surface area contributed by atoms with E-state index < -0.39 is 25.5 Å². The van der Waals surface area contributed by atoms with Gasteiger partial charge >= 0.3 is 0 Å². The summed E-state index contributed by atoms with van der Waals surface area (Å²) < 4.78 is 82.5. The lowest BCUT2D eigenvalue weighted by Gasteiger charge is -2.29. The lowest BCUT2D eigenvalue weighted by Crippen LogP contribution is -2.36. The molecule has 0 radical (unpaired) electrons. The quantitative estimate of drug-likeness (QED) is 0.199. The van der Waals surface area contributed by atoms with Gasteiger partial charge in [-0.3, -0.25) is 0 Å². The van der Waals surface area contributed by atoms with Crippen LogP contribution in [-0.2, 0) is 33.9 Å². The fourth-order valence-electron chi connectivity index (χ4n) is 5.96. The molecule has 3 heterocycles. The highest BCUT2D eigenvalue weighted by atomic mass is 79.9. The van der Waals surface area contributed by atoms with Crippen LogP contribution >= 0.6 is 31.9 Å². The molecule has 0 amide bonds. The Labute approximate surface area is 315 Å². The normalized spacial score (nSPS) is 17.1. The lowest BCUT2D eigenvalue weighted by atomic mass is 10.2. The van der Waals surface area contributed by atoms with E-state index in [0.717, 1.165) is 59.8 Å². The average molecular weight is 868 g/mol. The molecule has 3 fully saturated rings. The van der Waals surface area contributed by atoms with Crippen molar-refractivity contribution in [1.29, 1.82) is 0 Å². The van der Waals surface area contributed by atoms with E-state index in [1.54, 1.807) is 36.4 Å². The summed E-state index contributed by atoms with van der Waals surface area (Å²) in [4.78, 5) is 7.28. The Bertz CT molecular complexity index is 2020. The number of nitrogens with zero attached hydrogens (tertiary/aromatic N) is 3. The molecule has 0 spiro atoms. The zero-order chi connectivity index (χ0) is 36.0. The van der Waals surface area contributed by atoms with Crippen molar-refractivity contribution in [3.05, 3.63) is 99.7 Å². The van der Waals surface area contributed by atoms with Gasteiger partial charge in [0.05, 0.1) is 59.2 Å². The predicted octanol–water partition coefficient (Wildman–Crippen LogP) is 6.21. The van der Waals surface area contributed by atoms with Gasteiger partial charge in [-0.25, -0.2) is 21.2 Å². The van der Waals surface area contributed by atoms with Gasteiger partial charge in [0.2, 0.25) is 19.7 Å². The number of anilines is 3. The van der Waals surface area contributed by atoms with Crippen LogP contribution in [0.1, 0.15) is 0 Å².